The van der Waals surface area contributed by atoms with Crippen molar-refractivity contribution < 1.29 is 4.39 Å². The molecule has 0 amide bonds. The predicted octanol–water partition coefficient (Wildman–Crippen LogP) is 1.77. The Morgan fingerprint density at radius 3 is 2.82 bits per heavy atom. The fraction of sp³-hybridized carbons (Fsp3) is 0. The van der Waals surface area contributed by atoms with Gasteiger partial charge in [0.25, 0.3) is 0 Å². The molecular weight excluding hydrogens is 143 g/mol. The third-order valence-electron chi connectivity index (χ3n) is 1.45. The van der Waals surface area contributed by atoms with E-state index in [0.29, 0.717) is 11.0 Å². The van der Waals surface area contributed by atoms with Crippen LogP contribution < -0.4 is 0 Å². The average molecular weight is 148 g/mol. The van der Waals surface area contributed by atoms with E-state index < -0.39 is 0 Å². The van der Waals surface area contributed by atoms with Crippen molar-refractivity contribution in [3.05, 3.63) is 36.4 Å². The molecule has 0 saturated carbocycles. The first-order valence-electron chi connectivity index (χ1n) is 3.23. The number of nitrogens with zero attached hydrogens (tertiary/aromatic N) is 2. The second-order valence-corrected chi connectivity index (χ2v) is 2.16. The number of hydrogen-bond acceptors (Lipinski definition) is 2. The minimum atomic E-state index is -0.324. The molecule has 2 aromatic heterocycles. The van der Waals surface area contributed by atoms with Gasteiger partial charge in [0.2, 0.25) is 0 Å². The first kappa shape index (κ1) is 6.22. The van der Waals surface area contributed by atoms with Gasteiger partial charge in [-0.25, -0.2) is 4.39 Å². The second-order valence-electron chi connectivity index (χ2n) is 2.16. The van der Waals surface area contributed by atoms with Gasteiger partial charge in [0.1, 0.15) is 5.52 Å². The lowest BCUT2D eigenvalue weighted by molar-refractivity contribution is 0.635. The number of halogens is 1. The van der Waals surface area contributed by atoms with Crippen molar-refractivity contribution in [1.82, 2.24) is 9.97 Å². The molecule has 0 aliphatic heterocycles. The Labute approximate surface area is 62.7 Å². The van der Waals surface area contributed by atoms with Gasteiger partial charge in [-0.05, 0) is 18.2 Å². The molecule has 2 nitrogen and oxygen atoms in total. The summed E-state index contributed by atoms with van der Waals surface area (Å²) >= 11 is 0. The molecule has 0 atom stereocenters. The van der Waals surface area contributed by atoms with Crippen LogP contribution in [-0.2, 0) is 0 Å². The molecule has 0 radical (unpaired) electrons. The minimum Gasteiger partial charge on any atom is -0.254 e. The van der Waals surface area contributed by atoms with Gasteiger partial charge in [0, 0.05) is 12.4 Å². The lowest BCUT2D eigenvalue weighted by Gasteiger charge is -1.94. The lowest BCUT2D eigenvalue weighted by Crippen LogP contribution is -1.84. The van der Waals surface area contributed by atoms with Crippen LogP contribution in [0.15, 0.2) is 30.6 Å². The summed E-state index contributed by atoms with van der Waals surface area (Å²) in [6.45, 7) is 0. The Morgan fingerprint density at radius 2 is 2.00 bits per heavy atom. The quantitative estimate of drug-likeness (QED) is 0.569. The third-order valence-corrected chi connectivity index (χ3v) is 1.45. The van der Waals surface area contributed by atoms with E-state index in [4.69, 9.17) is 0 Å². The molecule has 54 valence electrons. The number of pyridine rings is 2. The molecular formula is C8H5FN2. The van der Waals surface area contributed by atoms with Crippen molar-refractivity contribution in [2.75, 3.05) is 0 Å². The lowest BCUT2D eigenvalue weighted by atomic mass is 10.3. The van der Waals surface area contributed by atoms with Crippen LogP contribution in [0.4, 0.5) is 4.39 Å². The highest BCUT2D eigenvalue weighted by molar-refractivity contribution is 5.73. The van der Waals surface area contributed by atoms with Gasteiger partial charge in [-0.1, -0.05) is 0 Å². The molecule has 2 aromatic rings. The summed E-state index contributed by atoms with van der Waals surface area (Å²) in [6.07, 6.45) is 2.98. The number of aromatic nitrogens is 2. The number of fused-ring (bicyclic) bond motifs is 1. The van der Waals surface area contributed by atoms with E-state index in [1.807, 2.05) is 0 Å². The molecule has 0 aliphatic carbocycles. The molecule has 0 unspecified atom stereocenters. The van der Waals surface area contributed by atoms with Gasteiger partial charge in [-0.15, -0.1) is 0 Å². The summed E-state index contributed by atoms with van der Waals surface area (Å²) in [4.78, 5) is 7.78. The van der Waals surface area contributed by atoms with Gasteiger partial charge < -0.3 is 0 Å². The predicted molar refractivity (Wildman–Crippen MR) is 39.5 cm³/mol. The Hall–Kier alpha value is -1.51. The minimum absolute atomic E-state index is 0.324. The van der Waals surface area contributed by atoms with E-state index in [-0.39, 0.29) is 5.82 Å². The van der Waals surface area contributed by atoms with E-state index in [2.05, 4.69) is 9.97 Å². The summed E-state index contributed by atoms with van der Waals surface area (Å²) in [5.74, 6) is -0.324. The van der Waals surface area contributed by atoms with Crippen LogP contribution in [0.2, 0.25) is 0 Å². The van der Waals surface area contributed by atoms with Crippen molar-refractivity contribution in [1.29, 1.82) is 0 Å². The maximum Gasteiger partial charge on any atom is 0.152 e. The topological polar surface area (TPSA) is 25.8 Å². The van der Waals surface area contributed by atoms with E-state index in [1.165, 1.54) is 12.3 Å². The highest BCUT2D eigenvalue weighted by Gasteiger charge is 1.98. The first-order chi connectivity index (χ1) is 5.38. The van der Waals surface area contributed by atoms with Crippen molar-refractivity contribution >= 4 is 11.0 Å². The van der Waals surface area contributed by atoms with E-state index in [9.17, 15) is 4.39 Å². The van der Waals surface area contributed by atoms with E-state index >= 15 is 0 Å². The Morgan fingerprint density at radius 1 is 1.09 bits per heavy atom. The van der Waals surface area contributed by atoms with Crippen molar-refractivity contribution in [2.24, 2.45) is 0 Å². The maximum atomic E-state index is 12.9. The molecule has 2 heterocycles. The van der Waals surface area contributed by atoms with E-state index in [0.717, 1.165) is 0 Å². The smallest absolute Gasteiger partial charge is 0.152 e. The normalized spacial score (nSPS) is 10.3. The standard InChI is InChI=1S/C8H5FN2/c9-6-3-5-10-7-2-1-4-11-8(6)7/h1-5H. The molecule has 0 bridgehead atoms. The molecule has 2 rings (SSSR count). The fourth-order valence-electron chi connectivity index (χ4n) is 0.947. The van der Waals surface area contributed by atoms with Crippen LogP contribution in [0.3, 0.4) is 0 Å². The molecule has 3 heteroatoms. The second kappa shape index (κ2) is 2.27. The Balaban J connectivity index is 2.91. The Kier molecular flexibility index (Phi) is 1.28. The zero-order chi connectivity index (χ0) is 7.68. The van der Waals surface area contributed by atoms with Crippen LogP contribution in [-0.4, -0.2) is 9.97 Å². The van der Waals surface area contributed by atoms with Gasteiger partial charge in [-0.2, -0.15) is 0 Å². The van der Waals surface area contributed by atoms with Crippen molar-refractivity contribution in [3.63, 3.8) is 0 Å². The Bertz CT molecular complexity index is 381. The van der Waals surface area contributed by atoms with Crippen LogP contribution in [0.25, 0.3) is 11.0 Å². The summed E-state index contributed by atoms with van der Waals surface area (Å²) in [6, 6.07) is 4.76. The van der Waals surface area contributed by atoms with Gasteiger partial charge >= 0.3 is 0 Å². The maximum absolute atomic E-state index is 12.9. The van der Waals surface area contributed by atoms with Crippen LogP contribution in [0.1, 0.15) is 0 Å². The number of hydrogen-bond donors (Lipinski definition) is 0. The zero-order valence-corrected chi connectivity index (χ0v) is 5.66. The summed E-state index contributed by atoms with van der Waals surface area (Å²) < 4.78 is 12.9. The monoisotopic (exact) mass is 148 g/mol. The SMILES string of the molecule is Fc1ccnc2cccnc12. The van der Waals surface area contributed by atoms with Gasteiger partial charge in [-0.3, -0.25) is 9.97 Å². The summed E-state index contributed by atoms with van der Waals surface area (Å²) in [5, 5.41) is 0. The largest absolute Gasteiger partial charge is 0.254 e. The van der Waals surface area contributed by atoms with Gasteiger partial charge in [0.15, 0.2) is 5.82 Å². The molecule has 0 aromatic carbocycles. The van der Waals surface area contributed by atoms with Crippen LogP contribution >= 0.6 is 0 Å². The van der Waals surface area contributed by atoms with Crippen LogP contribution in [0, 0.1) is 5.82 Å². The van der Waals surface area contributed by atoms with Gasteiger partial charge in [0.05, 0.1) is 5.52 Å². The average Bonchev–Trinajstić information content (AvgIpc) is 2.06. The summed E-state index contributed by atoms with van der Waals surface area (Å²) in [5.41, 5.74) is 0.919. The van der Waals surface area contributed by atoms with Crippen molar-refractivity contribution in [2.45, 2.75) is 0 Å². The first-order valence-corrected chi connectivity index (χ1v) is 3.23. The zero-order valence-electron chi connectivity index (χ0n) is 5.66. The molecule has 0 aliphatic rings. The highest BCUT2D eigenvalue weighted by atomic mass is 19.1. The van der Waals surface area contributed by atoms with E-state index in [1.54, 1.807) is 18.3 Å². The molecule has 0 N–H and O–H groups in total. The third kappa shape index (κ3) is 0.941. The van der Waals surface area contributed by atoms with Crippen LogP contribution in [0.5, 0.6) is 0 Å². The number of rotatable bonds is 0. The summed E-state index contributed by atoms with van der Waals surface area (Å²) in [7, 11) is 0. The fourth-order valence-corrected chi connectivity index (χ4v) is 0.947. The molecule has 11 heavy (non-hydrogen) atoms. The molecule has 0 fully saturated rings. The highest BCUT2D eigenvalue weighted by Crippen LogP contribution is 2.10. The molecule has 0 spiro atoms. The van der Waals surface area contributed by atoms with Crippen molar-refractivity contribution in [3.8, 4) is 0 Å². The molecule has 0 saturated heterocycles.